The molecule has 0 aromatic heterocycles. The normalized spacial score (nSPS) is 26.9. The van der Waals surface area contributed by atoms with Gasteiger partial charge in [0.05, 0.1) is 12.4 Å². The van der Waals surface area contributed by atoms with Gasteiger partial charge in [-0.25, -0.2) is 8.42 Å². The maximum Gasteiger partial charge on any atom is 0.148 e. The van der Waals surface area contributed by atoms with Gasteiger partial charge in [0.15, 0.2) is 0 Å². The Morgan fingerprint density at radius 1 is 1.53 bits per heavy atom. The van der Waals surface area contributed by atoms with Gasteiger partial charge in [-0.3, -0.25) is 0 Å². The molecule has 1 aliphatic rings. The van der Waals surface area contributed by atoms with Gasteiger partial charge >= 0.3 is 0 Å². The first-order valence-electron chi connectivity index (χ1n) is 6.03. The van der Waals surface area contributed by atoms with Crippen LogP contribution in [0.4, 0.5) is 0 Å². The highest BCUT2D eigenvalue weighted by Gasteiger charge is 2.33. The zero-order valence-electron chi connectivity index (χ0n) is 10.6. The van der Waals surface area contributed by atoms with E-state index in [1.54, 1.807) is 0 Å². The summed E-state index contributed by atoms with van der Waals surface area (Å²) in [5.41, 5.74) is -0.114. The number of aliphatic hydroxyl groups excluding tert-OH is 1. The summed E-state index contributed by atoms with van der Waals surface area (Å²) in [5.74, 6) is 0.197. The second kappa shape index (κ2) is 5.98. The van der Waals surface area contributed by atoms with Crippen molar-refractivity contribution in [3.05, 3.63) is 12.7 Å². The molecule has 17 heavy (non-hydrogen) atoms. The molecule has 1 aliphatic heterocycles. The number of allylic oxidation sites excluding steroid dienone is 1. The lowest BCUT2D eigenvalue weighted by atomic mass is 9.78. The molecule has 0 aromatic rings. The Balaban J connectivity index is 2.56. The molecule has 100 valence electrons. The maximum absolute atomic E-state index is 11.1. The summed E-state index contributed by atoms with van der Waals surface area (Å²) >= 11 is 0. The van der Waals surface area contributed by atoms with Gasteiger partial charge in [0.2, 0.25) is 0 Å². The van der Waals surface area contributed by atoms with Crippen molar-refractivity contribution in [1.29, 1.82) is 0 Å². The van der Waals surface area contributed by atoms with E-state index in [0.29, 0.717) is 6.54 Å². The van der Waals surface area contributed by atoms with E-state index in [1.165, 1.54) is 6.26 Å². The molecule has 0 unspecified atom stereocenters. The van der Waals surface area contributed by atoms with Gasteiger partial charge in [-0.05, 0) is 25.8 Å². The van der Waals surface area contributed by atoms with Crippen LogP contribution in [0, 0.1) is 5.41 Å². The molecule has 0 radical (unpaired) electrons. The Morgan fingerprint density at radius 3 is 2.76 bits per heavy atom. The summed E-state index contributed by atoms with van der Waals surface area (Å²) in [4.78, 5) is 2.14. The third kappa shape index (κ3) is 4.77. The average Bonchev–Trinajstić information content (AvgIpc) is 2.26. The molecule has 1 N–H and O–H groups in total. The lowest BCUT2D eigenvalue weighted by Gasteiger charge is -2.41. The smallest absolute Gasteiger partial charge is 0.148 e. The Bertz CT molecular complexity index is 353. The number of rotatable bonds is 6. The van der Waals surface area contributed by atoms with Crippen LogP contribution in [-0.2, 0) is 9.84 Å². The Kier molecular flexibility index (Phi) is 5.16. The summed E-state index contributed by atoms with van der Waals surface area (Å²) in [6.07, 6.45) is 5.90. The van der Waals surface area contributed by atoms with Crippen molar-refractivity contribution in [2.24, 2.45) is 5.41 Å². The first-order chi connectivity index (χ1) is 7.91. The van der Waals surface area contributed by atoms with Gasteiger partial charge in [0.25, 0.3) is 0 Å². The first-order valence-corrected chi connectivity index (χ1v) is 8.09. The van der Waals surface area contributed by atoms with Crippen LogP contribution in [0.15, 0.2) is 12.7 Å². The summed E-state index contributed by atoms with van der Waals surface area (Å²) in [7, 11) is -2.90. The second-order valence-electron chi connectivity index (χ2n) is 5.16. The predicted octanol–water partition coefficient (Wildman–Crippen LogP) is 0.682. The van der Waals surface area contributed by atoms with E-state index in [0.717, 1.165) is 32.4 Å². The number of nitrogens with zero attached hydrogens (tertiary/aromatic N) is 1. The number of aliphatic hydroxyl groups is 1. The van der Waals surface area contributed by atoms with Gasteiger partial charge in [-0.1, -0.05) is 6.08 Å². The van der Waals surface area contributed by atoms with E-state index in [4.69, 9.17) is 0 Å². The average molecular weight is 261 g/mol. The van der Waals surface area contributed by atoms with E-state index in [9.17, 15) is 13.5 Å². The van der Waals surface area contributed by atoms with Crippen LogP contribution in [-0.4, -0.2) is 56.7 Å². The Hall–Kier alpha value is -0.390. The zero-order chi connectivity index (χ0) is 12.9. The van der Waals surface area contributed by atoms with Crippen molar-refractivity contribution in [3.8, 4) is 0 Å². The molecule has 4 nitrogen and oxygen atoms in total. The maximum atomic E-state index is 11.1. The molecular weight excluding hydrogens is 238 g/mol. The largest absolute Gasteiger partial charge is 0.396 e. The molecule has 0 saturated carbocycles. The number of likely N-dealkylation sites (tertiary alicyclic amines) is 1. The van der Waals surface area contributed by atoms with E-state index in [-0.39, 0.29) is 17.8 Å². The van der Waals surface area contributed by atoms with E-state index in [2.05, 4.69) is 11.5 Å². The van der Waals surface area contributed by atoms with Crippen LogP contribution >= 0.6 is 0 Å². The third-order valence-corrected chi connectivity index (χ3v) is 4.36. The van der Waals surface area contributed by atoms with Crippen molar-refractivity contribution in [1.82, 2.24) is 4.90 Å². The number of hydrogen-bond donors (Lipinski definition) is 1. The van der Waals surface area contributed by atoms with Crippen LogP contribution in [0.2, 0.25) is 0 Å². The van der Waals surface area contributed by atoms with Crippen molar-refractivity contribution >= 4 is 9.84 Å². The first kappa shape index (κ1) is 14.7. The number of hydrogen-bond acceptors (Lipinski definition) is 4. The van der Waals surface area contributed by atoms with Crippen molar-refractivity contribution in [2.75, 3.05) is 38.2 Å². The van der Waals surface area contributed by atoms with Crippen LogP contribution < -0.4 is 0 Å². The van der Waals surface area contributed by atoms with Gasteiger partial charge in [0.1, 0.15) is 9.84 Å². The van der Waals surface area contributed by atoms with Crippen molar-refractivity contribution < 1.29 is 13.5 Å². The predicted molar refractivity (Wildman–Crippen MR) is 69.7 cm³/mol. The minimum atomic E-state index is -2.90. The second-order valence-corrected chi connectivity index (χ2v) is 7.42. The number of piperidine rings is 1. The zero-order valence-corrected chi connectivity index (χ0v) is 11.4. The van der Waals surface area contributed by atoms with Crippen molar-refractivity contribution in [3.63, 3.8) is 0 Å². The SMILES string of the molecule is C=CC[C@]1(CO)CCCN(CCS(C)(=O)=O)C1. The highest BCUT2D eigenvalue weighted by Crippen LogP contribution is 2.33. The van der Waals surface area contributed by atoms with E-state index >= 15 is 0 Å². The van der Waals surface area contributed by atoms with Crippen molar-refractivity contribution in [2.45, 2.75) is 19.3 Å². The molecule has 0 spiro atoms. The van der Waals surface area contributed by atoms with Gasteiger partial charge in [-0.2, -0.15) is 0 Å². The molecule has 1 saturated heterocycles. The molecule has 1 heterocycles. The van der Waals surface area contributed by atoms with Gasteiger partial charge < -0.3 is 10.0 Å². The standard InChI is InChI=1S/C12H23NO3S/c1-3-5-12(11-14)6-4-7-13(10-12)8-9-17(2,15)16/h3,14H,1,4-11H2,2H3/t12-/m0/s1. The molecule has 1 fully saturated rings. The summed E-state index contributed by atoms with van der Waals surface area (Å²) in [6.45, 7) is 6.14. The summed E-state index contributed by atoms with van der Waals surface area (Å²) in [5, 5.41) is 9.53. The Labute approximate surface area is 104 Å². The minimum Gasteiger partial charge on any atom is -0.396 e. The highest BCUT2D eigenvalue weighted by atomic mass is 32.2. The van der Waals surface area contributed by atoms with Gasteiger partial charge in [0, 0.05) is 24.8 Å². The van der Waals surface area contributed by atoms with Crippen LogP contribution in [0.1, 0.15) is 19.3 Å². The fourth-order valence-corrected chi connectivity index (χ4v) is 3.05. The van der Waals surface area contributed by atoms with E-state index < -0.39 is 9.84 Å². The molecule has 0 amide bonds. The molecule has 0 aliphatic carbocycles. The quantitative estimate of drug-likeness (QED) is 0.714. The summed E-state index contributed by atoms with van der Waals surface area (Å²) < 4.78 is 22.3. The molecule has 0 aromatic carbocycles. The fraction of sp³-hybridized carbons (Fsp3) is 0.833. The highest BCUT2D eigenvalue weighted by molar-refractivity contribution is 7.90. The Morgan fingerprint density at radius 2 is 2.24 bits per heavy atom. The van der Waals surface area contributed by atoms with Crippen LogP contribution in [0.5, 0.6) is 0 Å². The van der Waals surface area contributed by atoms with Crippen LogP contribution in [0.25, 0.3) is 0 Å². The molecule has 0 bridgehead atoms. The van der Waals surface area contributed by atoms with Crippen LogP contribution in [0.3, 0.4) is 0 Å². The third-order valence-electron chi connectivity index (χ3n) is 3.43. The van der Waals surface area contributed by atoms with E-state index in [1.807, 2.05) is 6.08 Å². The molecular formula is C12H23NO3S. The molecule has 1 atom stereocenters. The minimum absolute atomic E-state index is 0.114. The monoisotopic (exact) mass is 261 g/mol. The molecule has 5 heteroatoms. The topological polar surface area (TPSA) is 57.6 Å². The molecule has 1 rings (SSSR count). The number of sulfone groups is 1. The summed E-state index contributed by atoms with van der Waals surface area (Å²) in [6, 6.07) is 0. The fourth-order valence-electron chi connectivity index (χ4n) is 2.46. The lowest BCUT2D eigenvalue weighted by Crippen LogP contribution is -2.46. The lowest BCUT2D eigenvalue weighted by molar-refractivity contribution is 0.0372. The van der Waals surface area contributed by atoms with Gasteiger partial charge in [-0.15, -0.1) is 6.58 Å².